The van der Waals surface area contributed by atoms with Gasteiger partial charge in [0.1, 0.15) is 6.23 Å². The van der Waals surface area contributed by atoms with Crippen LogP contribution in [-0.2, 0) is 14.3 Å². The average Bonchev–Trinajstić information content (AvgIpc) is 2.39. The molecule has 106 valence electrons. The van der Waals surface area contributed by atoms with Crippen molar-refractivity contribution in [1.29, 1.82) is 0 Å². The van der Waals surface area contributed by atoms with Crippen molar-refractivity contribution in [2.24, 2.45) is 0 Å². The molecule has 0 saturated heterocycles. The quantitative estimate of drug-likeness (QED) is 0.524. The minimum absolute atomic E-state index is 0.0332. The second-order valence-corrected chi connectivity index (χ2v) is 4.34. The first-order valence-electron chi connectivity index (χ1n) is 6.62. The summed E-state index contributed by atoms with van der Waals surface area (Å²) in [4.78, 5) is 13.9. The van der Waals surface area contributed by atoms with Gasteiger partial charge in [0, 0.05) is 12.2 Å². The van der Waals surface area contributed by atoms with Gasteiger partial charge in [-0.25, -0.2) is 4.79 Å². The van der Waals surface area contributed by atoms with E-state index in [0.29, 0.717) is 26.2 Å². The second-order valence-electron chi connectivity index (χ2n) is 4.34. The van der Waals surface area contributed by atoms with Crippen molar-refractivity contribution in [2.75, 3.05) is 19.8 Å². The standard InChI is InChI=1S/C15H23NO3/c1-5-10-16-12(4)13(15(17)18-7-3)8-9-14(16)19-11-6-2/h5-6,14H,1-2,7-11H2,3-4H3. The van der Waals surface area contributed by atoms with Crippen molar-refractivity contribution in [3.63, 3.8) is 0 Å². The van der Waals surface area contributed by atoms with Crippen LogP contribution in [0.4, 0.5) is 0 Å². The van der Waals surface area contributed by atoms with Crippen molar-refractivity contribution >= 4 is 5.97 Å². The molecule has 0 saturated carbocycles. The zero-order valence-corrected chi connectivity index (χ0v) is 11.9. The summed E-state index contributed by atoms with van der Waals surface area (Å²) in [5.74, 6) is -0.226. The van der Waals surface area contributed by atoms with Crippen LogP contribution in [0.1, 0.15) is 26.7 Å². The van der Waals surface area contributed by atoms with Gasteiger partial charge >= 0.3 is 5.97 Å². The van der Waals surface area contributed by atoms with Crippen LogP contribution < -0.4 is 0 Å². The fraction of sp³-hybridized carbons (Fsp3) is 0.533. The number of nitrogens with zero attached hydrogens (tertiary/aromatic N) is 1. The van der Waals surface area contributed by atoms with Gasteiger partial charge in [-0.2, -0.15) is 0 Å². The van der Waals surface area contributed by atoms with E-state index in [0.717, 1.165) is 17.7 Å². The van der Waals surface area contributed by atoms with Crippen molar-refractivity contribution in [3.05, 3.63) is 36.6 Å². The molecule has 0 fully saturated rings. The highest BCUT2D eigenvalue weighted by atomic mass is 16.5. The average molecular weight is 265 g/mol. The Hall–Kier alpha value is -1.55. The zero-order chi connectivity index (χ0) is 14.3. The van der Waals surface area contributed by atoms with E-state index in [-0.39, 0.29) is 12.2 Å². The van der Waals surface area contributed by atoms with Crippen LogP contribution in [0.25, 0.3) is 0 Å². The molecule has 4 heteroatoms. The van der Waals surface area contributed by atoms with Gasteiger partial charge in [-0.05, 0) is 26.7 Å². The first-order chi connectivity index (χ1) is 9.15. The summed E-state index contributed by atoms with van der Waals surface area (Å²) in [5.41, 5.74) is 1.65. The number of hydrogen-bond donors (Lipinski definition) is 0. The molecule has 0 N–H and O–H groups in total. The summed E-state index contributed by atoms with van der Waals surface area (Å²) in [7, 11) is 0. The Morgan fingerprint density at radius 3 is 2.79 bits per heavy atom. The Balaban J connectivity index is 2.89. The molecule has 1 heterocycles. The van der Waals surface area contributed by atoms with Crippen LogP contribution in [-0.4, -0.2) is 36.9 Å². The molecule has 1 atom stereocenters. The fourth-order valence-corrected chi connectivity index (χ4v) is 2.21. The highest BCUT2D eigenvalue weighted by Gasteiger charge is 2.29. The third-order valence-electron chi connectivity index (χ3n) is 3.11. The van der Waals surface area contributed by atoms with Gasteiger partial charge in [0.25, 0.3) is 0 Å². The maximum atomic E-state index is 11.9. The molecule has 19 heavy (non-hydrogen) atoms. The molecule has 0 amide bonds. The van der Waals surface area contributed by atoms with Crippen molar-refractivity contribution in [1.82, 2.24) is 4.90 Å². The van der Waals surface area contributed by atoms with E-state index < -0.39 is 0 Å². The number of esters is 1. The van der Waals surface area contributed by atoms with Crippen LogP contribution in [0.5, 0.6) is 0 Å². The lowest BCUT2D eigenvalue weighted by Gasteiger charge is -2.37. The Labute approximate surface area is 115 Å². The topological polar surface area (TPSA) is 38.8 Å². The molecular weight excluding hydrogens is 242 g/mol. The van der Waals surface area contributed by atoms with Gasteiger partial charge in [-0.15, -0.1) is 13.2 Å². The molecule has 0 aromatic carbocycles. The van der Waals surface area contributed by atoms with Crippen LogP contribution in [0, 0.1) is 0 Å². The van der Waals surface area contributed by atoms with E-state index in [1.165, 1.54) is 0 Å². The Morgan fingerprint density at radius 1 is 1.47 bits per heavy atom. The summed E-state index contributed by atoms with van der Waals surface area (Å²) >= 11 is 0. The summed E-state index contributed by atoms with van der Waals surface area (Å²) in [6.45, 7) is 12.7. The Kier molecular flexibility index (Phi) is 6.36. The molecule has 0 spiro atoms. The minimum Gasteiger partial charge on any atom is -0.463 e. The number of carbonyl (C=O) groups excluding carboxylic acids is 1. The van der Waals surface area contributed by atoms with Gasteiger partial charge in [0.2, 0.25) is 0 Å². The van der Waals surface area contributed by atoms with Crippen molar-refractivity contribution in [3.8, 4) is 0 Å². The van der Waals surface area contributed by atoms with E-state index in [1.807, 2.05) is 24.8 Å². The zero-order valence-electron chi connectivity index (χ0n) is 11.9. The molecule has 0 aliphatic carbocycles. The lowest BCUT2D eigenvalue weighted by molar-refractivity contribution is -0.139. The SMILES string of the molecule is C=CCOC1CCC(C(=O)OCC)=C(C)N1CC=C. The first-order valence-corrected chi connectivity index (χ1v) is 6.62. The summed E-state index contributed by atoms with van der Waals surface area (Å²) in [5, 5.41) is 0. The number of allylic oxidation sites excluding steroid dienone is 1. The molecule has 4 nitrogen and oxygen atoms in total. The van der Waals surface area contributed by atoms with E-state index in [9.17, 15) is 4.79 Å². The van der Waals surface area contributed by atoms with Crippen LogP contribution in [0.3, 0.4) is 0 Å². The molecular formula is C15H23NO3. The number of ether oxygens (including phenoxy) is 2. The Bertz CT molecular complexity index is 374. The number of carbonyl (C=O) groups is 1. The highest BCUT2D eigenvalue weighted by Crippen LogP contribution is 2.28. The van der Waals surface area contributed by atoms with E-state index in [2.05, 4.69) is 13.2 Å². The van der Waals surface area contributed by atoms with Crippen molar-refractivity contribution < 1.29 is 14.3 Å². The van der Waals surface area contributed by atoms with E-state index >= 15 is 0 Å². The van der Waals surface area contributed by atoms with Gasteiger partial charge < -0.3 is 14.4 Å². The van der Waals surface area contributed by atoms with E-state index in [4.69, 9.17) is 9.47 Å². The van der Waals surface area contributed by atoms with Crippen LogP contribution >= 0.6 is 0 Å². The number of hydrogen-bond acceptors (Lipinski definition) is 4. The van der Waals surface area contributed by atoms with Crippen molar-refractivity contribution in [2.45, 2.75) is 32.9 Å². The van der Waals surface area contributed by atoms with Crippen LogP contribution in [0.15, 0.2) is 36.6 Å². The summed E-state index contributed by atoms with van der Waals surface area (Å²) in [6.07, 6.45) is 4.95. The minimum atomic E-state index is -0.226. The maximum absolute atomic E-state index is 11.9. The van der Waals surface area contributed by atoms with Gasteiger partial charge in [-0.1, -0.05) is 12.2 Å². The second kappa shape index (κ2) is 7.79. The number of rotatable bonds is 7. The highest BCUT2D eigenvalue weighted by molar-refractivity contribution is 5.89. The normalized spacial score (nSPS) is 19.3. The molecule has 0 radical (unpaired) electrons. The van der Waals surface area contributed by atoms with E-state index in [1.54, 1.807) is 6.08 Å². The largest absolute Gasteiger partial charge is 0.463 e. The third kappa shape index (κ3) is 3.96. The van der Waals surface area contributed by atoms with Gasteiger partial charge in [-0.3, -0.25) is 0 Å². The maximum Gasteiger partial charge on any atom is 0.335 e. The molecule has 1 aliphatic rings. The van der Waals surface area contributed by atoms with Gasteiger partial charge in [0.15, 0.2) is 0 Å². The molecule has 0 aromatic rings. The lowest BCUT2D eigenvalue weighted by atomic mass is 10.0. The molecule has 1 rings (SSSR count). The first kappa shape index (κ1) is 15.5. The fourth-order valence-electron chi connectivity index (χ4n) is 2.21. The monoisotopic (exact) mass is 265 g/mol. The Morgan fingerprint density at radius 2 is 2.21 bits per heavy atom. The molecule has 0 aromatic heterocycles. The summed E-state index contributed by atoms with van der Waals surface area (Å²) in [6, 6.07) is 0. The summed E-state index contributed by atoms with van der Waals surface area (Å²) < 4.78 is 10.8. The predicted molar refractivity (Wildman–Crippen MR) is 75.4 cm³/mol. The smallest absolute Gasteiger partial charge is 0.335 e. The van der Waals surface area contributed by atoms with Gasteiger partial charge in [0.05, 0.1) is 18.8 Å². The molecule has 1 aliphatic heterocycles. The predicted octanol–water partition coefficient (Wildman–Crippen LogP) is 2.63. The molecule has 0 bridgehead atoms. The molecule has 1 unspecified atom stereocenters. The lowest BCUT2D eigenvalue weighted by Crippen LogP contribution is -2.40. The third-order valence-corrected chi connectivity index (χ3v) is 3.11. The van der Waals surface area contributed by atoms with Crippen LogP contribution in [0.2, 0.25) is 0 Å².